The number of ether oxygens (including phenoxy) is 1. The van der Waals surface area contributed by atoms with Crippen LogP contribution in [0.5, 0.6) is 5.75 Å². The molecule has 3 aromatic carbocycles. The molecule has 0 saturated heterocycles. The first-order chi connectivity index (χ1) is 21.4. The summed E-state index contributed by atoms with van der Waals surface area (Å²) in [6.45, 7) is 7.97. The molecule has 0 N–H and O–H groups in total. The topological polar surface area (TPSA) is 60.2 Å². The molecule has 224 valence electrons. The standard InChI is InChI=1S/C38H40N4O2/c1-27(2)31-15-17-33(18-16-31)42(24-30-22-40-41(23-30)25-32-21-28(3)19-20-39-32)38(43)36-13-7-12-35-34(36)11-8-14-37(35)44-26-29-9-5-4-6-10-29/h4-6,8-11,14-23,27,36H,7,12-13,24-26H2,1-3H3. The van der Waals surface area contributed by atoms with Gasteiger partial charge in [0.05, 0.1) is 30.9 Å². The Hall–Kier alpha value is -4.71. The van der Waals surface area contributed by atoms with Crippen LogP contribution in [0.3, 0.4) is 0 Å². The molecule has 2 aromatic heterocycles. The van der Waals surface area contributed by atoms with Crippen LogP contribution in [0.1, 0.15) is 77.6 Å². The molecule has 44 heavy (non-hydrogen) atoms. The van der Waals surface area contributed by atoms with Gasteiger partial charge in [0.1, 0.15) is 12.4 Å². The molecule has 6 heteroatoms. The van der Waals surface area contributed by atoms with E-state index in [4.69, 9.17) is 4.74 Å². The number of rotatable bonds is 10. The van der Waals surface area contributed by atoms with Crippen LogP contribution in [-0.4, -0.2) is 20.7 Å². The number of fused-ring (bicyclic) bond motifs is 1. The maximum Gasteiger partial charge on any atom is 0.234 e. The van der Waals surface area contributed by atoms with E-state index in [1.54, 1.807) is 0 Å². The summed E-state index contributed by atoms with van der Waals surface area (Å²) in [4.78, 5) is 21.0. The minimum atomic E-state index is -0.240. The van der Waals surface area contributed by atoms with E-state index in [2.05, 4.69) is 79.4 Å². The minimum absolute atomic E-state index is 0.108. The Morgan fingerprint density at radius 2 is 1.82 bits per heavy atom. The second kappa shape index (κ2) is 13.3. The lowest BCUT2D eigenvalue weighted by Gasteiger charge is -2.32. The Morgan fingerprint density at radius 1 is 1.00 bits per heavy atom. The fourth-order valence-corrected chi connectivity index (χ4v) is 6.07. The summed E-state index contributed by atoms with van der Waals surface area (Å²) in [5, 5.41) is 4.61. The Balaban J connectivity index is 1.27. The van der Waals surface area contributed by atoms with Crippen molar-refractivity contribution in [2.24, 2.45) is 0 Å². The van der Waals surface area contributed by atoms with Gasteiger partial charge in [-0.3, -0.25) is 14.5 Å². The van der Waals surface area contributed by atoms with Gasteiger partial charge < -0.3 is 9.64 Å². The van der Waals surface area contributed by atoms with Crippen LogP contribution in [-0.2, 0) is 30.9 Å². The van der Waals surface area contributed by atoms with Gasteiger partial charge >= 0.3 is 0 Å². The third-order valence-electron chi connectivity index (χ3n) is 8.46. The molecule has 6 rings (SSSR count). The van der Waals surface area contributed by atoms with Crippen LogP contribution in [0.2, 0.25) is 0 Å². The second-order valence-electron chi connectivity index (χ2n) is 12.1. The maximum atomic E-state index is 14.6. The number of amides is 1. The predicted molar refractivity (Wildman–Crippen MR) is 175 cm³/mol. The van der Waals surface area contributed by atoms with Crippen molar-refractivity contribution >= 4 is 11.6 Å². The first-order valence-electron chi connectivity index (χ1n) is 15.6. The third kappa shape index (κ3) is 6.75. The van der Waals surface area contributed by atoms with E-state index in [0.29, 0.717) is 25.6 Å². The summed E-state index contributed by atoms with van der Waals surface area (Å²) >= 11 is 0. The first kappa shape index (κ1) is 29.4. The van der Waals surface area contributed by atoms with Gasteiger partial charge in [-0.1, -0.05) is 68.4 Å². The van der Waals surface area contributed by atoms with Gasteiger partial charge in [-0.05, 0) is 90.3 Å². The number of hydrogen-bond acceptors (Lipinski definition) is 4. The van der Waals surface area contributed by atoms with Crippen LogP contribution < -0.4 is 9.64 Å². The monoisotopic (exact) mass is 584 g/mol. The molecule has 0 spiro atoms. The predicted octanol–water partition coefficient (Wildman–Crippen LogP) is 7.99. The molecule has 1 amide bonds. The summed E-state index contributed by atoms with van der Waals surface area (Å²) in [7, 11) is 0. The fraction of sp³-hybridized carbons (Fsp3) is 0.289. The summed E-state index contributed by atoms with van der Waals surface area (Å²) < 4.78 is 8.21. The number of benzene rings is 3. The number of aromatic nitrogens is 3. The van der Waals surface area contributed by atoms with Crippen molar-refractivity contribution in [1.29, 1.82) is 0 Å². The van der Waals surface area contributed by atoms with Crippen molar-refractivity contribution in [2.45, 2.75) is 71.6 Å². The van der Waals surface area contributed by atoms with E-state index in [1.807, 2.05) is 64.6 Å². The molecule has 0 radical (unpaired) electrons. The van der Waals surface area contributed by atoms with Gasteiger partial charge in [0.15, 0.2) is 0 Å². The molecule has 0 fully saturated rings. The van der Waals surface area contributed by atoms with E-state index >= 15 is 0 Å². The lowest BCUT2D eigenvalue weighted by atomic mass is 9.81. The molecule has 1 unspecified atom stereocenters. The van der Waals surface area contributed by atoms with Crippen molar-refractivity contribution in [3.8, 4) is 5.75 Å². The van der Waals surface area contributed by atoms with Crippen molar-refractivity contribution in [3.05, 3.63) is 143 Å². The number of nitrogens with zero attached hydrogens (tertiary/aromatic N) is 4. The van der Waals surface area contributed by atoms with Gasteiger partial charge in [0, 0.05) is 23.6 Å². The zero-order valence-corrected chi connectivity index (χ0v) is 25.8. The van der Waals surface area contributed by atoms with Crippen LogP contribution >= 0.6 is 0 Å². The van der Waals surface area contributed by atoms with E-state index in [0.717, 1.165) is 58.6 Å². The lowest BCUT2D eigenvalue weighted by Crippen LogP contribution is -2.36. The van der Waals surface area contributed by atoms with E-state index < -0.39 is 0 Å². The Morgan fingerprint density at radius 3 is 2.59 bits per heavy atom. The molecular weight excluding hydrogens is 544 g/mol. The minimum Gasteiger partial charge on any atom is -0.489 e. The van der Waals surface area contributed by atoms with E-state index in [1.165, 1.54) is 11.1 Å². The molecule has 0 aliphatic heterocycles. The molecule has 6 nitrogen and oxygen atoms in total. The van der Waals surface area contributed by atoms with Crippen LogP contribution in [0.4, 0.5) is 5.69 Å². The van der Waals surface area contributed by atoms with Crippen molar-refractivity contribution < 1.29 is 9.53 Å². The molecule has 0 saturated carbocycles. The SMILES string of the molecule is Cc1ccnc(Cn2cc(CN(C(=O)C3CCCc4c(OCc5ccccc5)cccc43)c3ccc(C(C)C)cc3)cn2)c1. The fourth-order valence-electron chi connectivity index (χ4n) is 6.07. The average Bonchev–Trinajstić information content (AvgIpc) is 3.49. The van der Waals surface area contributed by atoms with Gasteiger partial charge in [-0.25, -0.2) is 0 Å². The Kier molecular flexibility index (Phi) is 8.87. The molecule has 5 aromatic rings. The molecule has 1 atom stereocenters. The molecule has 1 aliphatic carbocycles. The van der Waals surface area contributed by atoms with E-state index in [-0.39, 0.29) is 11.8 Å². The van der Waals surface area contributed by atoms with Crippen molar-refractivity contribution in [1.82, 2.24) is 14.8 Å². The summed E-state index contributed by atoms with van der Waals surface area (Å²) in [6, 6.07) is 28.9. The van der Waals surface area contributed by atoms with Crippen LogP contribution in [0, 0.1) is 6.92 Å². The number of aryl methyl sites for hydroxylation is 1. The van der Waals surface area contributed by atoms with Gasteiger partial charge in [-0.15, -0.1) is 0 Å². The Bertz CT molecular complexity index is 1710. The van der Waals surface area contributed by atoms with Crippen molar-refractivity contribution in [2.75, 3.05) is 4.90 Å². The highest BCUT2D eigenvalue weighted by atomic mass is 16.5. The molecule has 0 bridgehead atoms. The van der Waals surface area contributed by atoms with E-state index in [9.17, 15) is 4.79 Å². The number of anilines is 1. The first-order valence-corrected chi connectivity index (χ1v) is 15.6. The number of hydrogen-bond donors (Lipinski definition) is 0. The normalized spacial score (nSPS) is 14.3. The lowest BCUT2D eigenvalue weighted by molar-refractivity contribution is -0.120. The highest BCUT2D eigenvalue weighted by molar-refractivity contribution is 5.98. The largest absolute Gasteiger partial charge is 0.489 e. The molecule has 1 aliphatic rings. The van der Waals surface area contributed by atoms with Gasteiger partial charge in [0.25, 0.3) is 0 Å². The third-order valence-corrected chi connectivity index (χ3v) is 8.46. The summed E-state index contributed by atoms with van der Waals surface area (Å²) in [5.74, 6) is 1.16. The Labute approximate surface area is 260 Å². The summed E-state index contributed by atoms with van der Waals surface area (Å²) in [6.07, 6.45) is 8.38. The van der Waals surface area contributed by atoms with Gasteiger partial charge in [-0.2, -0.15) is 5.10 Å². The van der Waals surface area contributed by atoms with Crippen LogP contribution in [0.25, 0.3) is 0 Å². The quantitative estimate of drug-likeness (QED) is 0.167. The number of carbonyl (C=O) groups is 1. The average molecular weight is 585 g/mol. The maximum absolute atomic E-state index is 14.6. The molecule has 2 heterocycles. The van der Waals surface area contributed by atoms with Crippen LogP contribution in [0.15, 0.2) is 104 Å². The zero-order valence-electron chi connectivity index (χ0n) is 25.8. The zero-order chi connectivity index (χ0) is 30.5. The highest BCUT2D eigenvalue weighted by Crippen LogP contribution is 2.39. The van der Waals surface area contributed by atoms with Gasteiger partial charge in [0.2, 0.25) is 5.91 Å². The molecular formula is C38H40N4O2. The number of carbonyl (C=O) groups excluding carboxylic acids is 1. The highest BCUT2D eigenvalue weighted by Gasteiger charge is 2.32. The second-order valence-corrected chi connectivity index (χ2v) is 12.1. The summed E-state index contributed by atoms with van der Waals surface area (Å²) in [5.41, 5.74) is 8.63. The smallest absolute Gasteiger partial charge is 0.234 e. The van der Waals surface area contributed by atoms with Crippen molar-refractivity contribution in [3.63, 3.8) is 0 Å². The number of pyridine rings is 1.